The summed E-state index contributed by atoms with van der Waals surface area (Å²) < 4.78 is 0. The van der Waals surface area contributed by atoms with Crippen molar-refractivity contribution >= 4 is 28.9 Å². The Balaban J connectivity index is 2.69. The lowest BCUT2D eigenvalue weighted by atomic mass is 9.97. The second-order valence-electron chi connectivity index (χ2n) is 4.50. The molecule has 0 spiro atoms. The number of nitrogens with one attached hydrogen (secondary N) is 1. The highest BCUT2D eigenvalue weighted by Crippen LogP contribution is 2.24. The normalized spacial score (nSPS) is 10.7. The van der Waals surface area contributed by atoms with Gasteiger partial charge in [-0.1, -0.05) is 38.3 Å². The summed E-state index contributed by atoms with van der Waals surface area (Å²) in [5, 5.41) is 3.37. The van der Waals surface area contributed by atoms with Crippen LogP contribution in [0.25, 0.3) is 0 Å². The third kappa shape index (κ3) is 4.22. The molecule has 0 bridgehead atoms. The number of anilines is 2. The highest BCUT2D eigenvalue weighted by molar-refractivity contribution is 6.33. The van der Waals surface area contributed by atoms with E-state index in [1.54, 1.807) is 18.2 Å². The summed E-state index contributed by atoms with van der Waals surface area (Å²) in [6.07, 6.45) is 3.87. The van der Waals surface area contributed by atoms with Crippen LogP contribution in [-0.2, 0) is 4.79 Å². The van der Waals surface area contributed by atoms with E-state index in [2.05, 4.69) is 19.2 Å². The number of hydrogen-bond acceptors (Lipinski definition) is 2. The number of nitrogens with two attached hydrogens (primary N) is 1. The Morgan fingerprint density at radius 1 is 1.33 bits per heavy atom. The lowest BCUT2D eigenvalue weighted by Gasteiger charge is -2.15. The summed E-state index contributed by atoms with van der Waals surface area (Å²) in [6, 6.07) is 5.16. The van der Waals surface area contributed by atoms with Gasteiger partial charge < -0.3 is 11.1 Å². The number of hydrogen-bond donors (Lipinski definition) is 2. The Hall–Kier alpha value is -1.22. The second-order valence-corrected chi connectivity index (χ2v) is 4.91. The van der Waals surface area contributed by atoms with Crippen molar-refractivity contribution in [3.05, 3.63) is 23.2 Å². The first kappa shape index (κ1) is 14.8. The smallest absolute Gasteiger partial charge is 0.227 e. The largest absolute Gasteiger partial charge is 0.398 e. The van der Waals surface area contributed by atoms with E-state index >= 15 is 0 Å². The minimum atomic E-state index is 0.0690. The molecule has 0 saturated heterocycles. The summed E-state index contributed by atoms with van der Waals surface area (Å²) >= 11 is 5.92. The molecule has 0 aromatic heterocycles. The molecule has 0 aliphatic rings. The highest BCUT2D eigenvalue weighted by Gasteiger charge is 2.16. The SMILES string of the molecule is CCCC(CCC)C(=O)Nc1ccc(N)c(Cl)c1. The van der Waals surface area contributed by atoms with E-state index in [9.17, 15) is 4.79 Å². The van der Waals surface area contributed by atoms with Crippen LogP contribution in [-0.4, -0.2) is 5.91 Å². The average Bonchev–Trinajstić information content (AvgIpc) is 2.33. The molecule has 0 saturated carbocycles. The fourth-order valence-electron chi connectivity index (χ4n) is 1.95. The molecular formula is C14H21ClN2O. The summed E-state index contributed by atoms with van der Waals surface area (Å²) in [4.78, 5) is 12.1. The van der Waals surface area contributed by atoms with Gasteiger partial charge in [-0.15, -0.1) is 0 Å². The van der Waals surface area contributed by atoms with Crippen molar-refractivity contribution in [2.75, 3.05) is 11.1 Å². The molecule has 1 aromatic rings. The van der Waals surface area contributed by atoms with Gasteiger partial charge in [-0.05, 0) is 31.0 Å². The molecule has 3 N–H and O–H groups in total. The number of benzene rings is 1. The Morgan fingerprint density at radius 3 is 2.44 bits per heavy atom. The van der Waals surface area contributed by atoms with Crippen LogP contribution in [0.5, 0.6) is 0 Å². The zero-order valence-electron chi connectivity index (χ0n) is 11.0. The predicted octanol–water partition coefficient (Wildman–Crippen LogP) is 4.08. The van der Waals surface area contributed by atoms with E-state index < -0.39 is 0 Å². The van der Waals surface area contributed by atoms with Crippen molar-refractivity contribution < 1.29 is 4.79 Å². The van der Waals surface area contributed by atoms with Crippen molar-refractivity contribution in [2.45, 2.75) is 39.5 Å². The molecule has 0 aliphatic heterocycles. The van der Waals surface area contributed by atoms with Gasteiger partial charge in [0.25, 0.3) is 0 Å². The van der Waals surface area contributed by atoms with Crippen molar-refractivity contribution in [3.8, 4) is 0 Å². The van der Waals surface area contributed by atoms with E-state index in [0.717, 1.165) is 25.7 Å². The Labute approximate surface area is 114 Å². The molecule has 100 valence electrons. The van der Waals surface area contributed by atoms with Crippen LogP contribution in [0.3, 0.4) is 0 Å². The molecule has 0 aliphatic carbocycles. The van der Waals surface area contributed by atoms with E-state index in [-0.39, 0.29) is 11.8 Å². The molecule has 0 fully saturated rings. The van der Waals surface area contributed by atoms with E-state index in [0.29, 0.717) is 16.4 Å². The maximum absolute atomic E-state index is 12.1. The molecular weight excluding hydrogens is 248 g/mol. The number of carbonyl (C=O) groups is 1. The van der Waals surface area contributed by atoms with Crippen LogP contribution < -0.4 is 11.1 Å². The Bertz CT molecular complexity index is 401. The van der Waals surface area contributed by atoms with Gasteiger partial charge in [-0.25, -0.2) is 0 Å². The minimum absolute atomic E-state index is 0.0690. The monoisotopic (exact) mass is 268 g/mol. The van der Waals surface area contributed by atoms with Crippen LogP contribution in [0, 0.1) is 5.92 Å². The molecule has 1 rings (SSSR count). The van der Waals surface area contributed by atoms with Gasteiger partial charge in [0, 0.05) is 11.6 Å². The average molecular weight is 269 g/mol. The summed E-state index contributed by atoms with van der Waals surface area (Å²) in [6.45, 7) is 4.19. The summed E-state index contributed by atoms with van der Waals surface area (Å²) in [5.74, 6) is 0.149. The van der Waals surface area contributed by atoms with Crippen LogP contribution in [0.4, 0.5) is 11.4 Å². The first-order chi connectivity index (χ1) is 8.58. The van der Waals surface area contributed by atoms with Gasteiger partial charge >= 0.3 is 0 Å². The number of nitrogen functional groups attached to an aromatic ring is 1. The molecule has 1 aromatic carbocycles. The van der Waals surface area contributed by atoms with Gasteiger partial charge in [0.15, 0.2) is 0 Å². The van der Waals surface area contributed by atoms with E-state index in [4.69, 9.17) is 17.3 Å². The van der Waals surface area contributed by atoms with Crippen LogP contribution >= 0.6 is 11.6 Å². The summed E-state index contributed by atoms with van der Waals surface area (Å²) in [7, 11) is 0. The topological polar surface area (TPSA) is 55.1 Å². The zero-order chi connectivity index (χ0) is 13.5. The standard InChI is InChI=1S/C14H21ClN2O/c1-3-5-10(6-4-2)14(18)17-11-7-8-13(16)12(15)9-11/h7-10H,3-6,16H2,1-2H3,(H,17,18). The van der Waals surface area contributed by atoms with E-state index in [1.165, 1.54) is 0 Å². The van der Waals surface area contributed by atoms with Crippen LogP contribution in [0.2, 0.25) is 5.02 Å². The van der Waals surface area contributed by atoms with Gasteiger partial charge in [-0.2, -0.15) is 0 Å². The van der Waals surface area contributed by atoms with Crippen molar-refractivity contribution in [1.29, 1.82) is 0 Å². The van der Waals surface area contributed by atoms with Crippen LogP contribution in [0.1, 0.15) is 39.5 Å². The maximum atomic E-state index is 12.1. The predicted molar refractivity (Wildman–Crippen MR) is 77.8 cm³/mol. The van der Waals surface area contributed by atoms with Gasteiger partial charge in [0.2, 0.25) is 5.91 Å². The molecule has 3 nitrogen and oxygen atoms in total. The fourth-order valence-corrected chi connectivity index (χ4v) is 2.13. The molecule has 1 amide bonds. The van der Waals surface area contributed by atoms with Crippen molar-refractivity contribution in [2.24, 2.45) is 5.92 Å². The zero-order valence-corrected chi connectivity index (χ0v) is 11.8. The van der Waals surface area contributed by atoms with Crippen LogP contribution in [0.15, 0.2) is 18.2 Å². The summed E-state index contributed by atoms with van der Waals surface area (Å²) in [5.41, 5.74) is 6.86. The first-order valence-corrected chi connectivity index (χ1v) is 6.82. The maximum Gasteiger partial charge on any atom is 0.227 e. The lowest BCUT2D eigenvalue weighted by Crippen LogP contribution is -2.22. The quantitative estimate of drug-likeness (QED) is 0.764. The second kappa shape index (κ2) is 7.27. The Morgan fingerprint density at radius 2 is 1.94 bits per heavy atom. The number of carbonyl (C=O) groups excluding carboxylic acids is 1. The third-order valence-corrected chi connectivity index (χ3v) is 3.24. The lowest BCUT2D eigenvalue weighted by molar-refractivity contribution is -0.120. The molecule has 0 unspecified atom stereocenters. The van der Waals surface area contributed by atoms with Gasteiger partial charge in [0.1, 0.15) is 0 Å². The number of halogens is 1. The number of amides is 1. The van der Waals surface area contributed by atoms with Gasteiger partial charge in [0.05, 0.1) is 10.7 Å². The Kier molecular flexibility index (Phi) is 5.99. The van der Waals surface area contributed by atoms with Crippen molar-refractivity contribution in [3.63, 3.8) is 0 Å². The molecule has 4 heteroatoms. The fraction of sp³-hybridized carbons (Fsp3) is 0.500. The van der Waals surface area contributed by atoms with Crippen molar-refractivity contribution in [1.82, 2.24) is 0 Å². The molecule has 0 heterocycles. The third-order valence-electron chi connectivity index (χ3n) is 2.91. The molecule has 0 atom stereocenters. The molecule has 0 radical (unpaired) electrons. The minimum Gasteiger partial charge on any atom is -0.398 e. The first-order valence-electron chi connectivity index (χ1n) is 6.44. The number of rotatable bonds is 6. The molecule has 18 heavy (non-hydrogen) atoms. The highest BCUT2D eigenvalue weighted by atomic mass is 35.5. The van der Waals surface area contributed by atoms with Gasteiger partial charge in [-0.3, -0.25) is 4.79 Å². The van der Waals surface area contributed by atoms with E-state index in [1.807, 2.05) is 0 Å².